The molecule has 0 saturated carbocycles. The Balaban J connectivity index is 2.34. The predicted molar refractivity (Wildman–Crippen MR) is 71.8 cm³/mol. The van der Waals surface area contributed by atoms with Gasteiger partial charge in [-0.3, -0.25) is 9.48 Å². The summed E-state index contributed by atoms with van der Waals surface area (Å²) in [5.74, 6) is 0.232. The topological polar surface area (TPSA) is 72.9 Å². The van der Waals surface area contributed by atoms with Crippen molar-refractivity contribution in [3.8, 4) is 0 Å². The second kappa shape index (κ2) is 6.00. The fourth-order valence-corrected chi connectivity index (χ4v) is 1.57. The molecule has 0 saturated heterocycles. The van der Waals surface area contributed by atoms with Crippen LogP contribution in [0.3, 0.4) is 0 Å². The molecule has 0 aromatic carbocycles. The lowest BCUT2D eigenvalue weighted by molar-refractivity contribution is -0.124. The largest absolute Gasteiger partial charge is 0.354 e. The molecule has 5 heteroatoms. The van der Waals surface area contributed by atoms with Crippen LogP contribution in [0, 0.1) is 11.3 Å². The predicted octanol–water partition coefficient (Wildman–Crippen LogP) is 1.01. The van der Waals surface area contributed by atoms with Crippen molar-refractivity contribution in [2.24, 2.45) is 17.1 Å². The first kappa shape index (κ1) is 14.7. The summed E-state index contributed by atoms with van der Waals surface area (Å²) in [7, 11) is 0. The van der Waals surface area contributed by atoms with Crippen LogP contribution in [0.25, 0.3) is 0 Å². The van der Waals surface area contributed by atoms with Crippen LogP contribution in [0.2, 0.25) is 0 Å². The van der Waals surface area contributed by atoms with Crippen molar-refractivity contribution in [2.75, 3.05) is 6.54 Å². The van der Waals surface area contributed by atoms with E-state index >= 15 is 0 Å². The van der Waals surface area contributed by atoms with E-state index in [9.17, 15) is 4.79 Å². The van der Waals surface area contributed by atoms with E-state index in [1.54, 1.807) is 6.20 Å². The second-order valence-electron chi connectivity index (χ2n) is 5.92. The number of hydrogen-bond donors (Lipinski definition) is 2. The van der Waals surface area contributed by atoms with Crippen molar-refractivity contribution in [1.82, 2.24) is 15.1 Å². The highest BCUT2D eigenvalue weighted by atomic mass is 16.2. The van der Waals surface area contributed by atoms with Crippen LogP contribution in [-0.2, 0) is 11.3 Å². The molecule has 0 radical (unpaired) electrons. The van der Waals surface area contributed by atoms with E-state index in [1.165, 1.54) is 0 Å². The number of aromatic nitrogens is 2. The number of rotatable bonds is 5. The first-order valence-corrected chi connectivity index (χ1v) is 6.31. The van der Waals surface area contributed by atoms with Crippen molar-refractivity contribution in [1.29, 1.82) is 0 Å². The highest BCUT2D eigenvalue weighted by molar-refractivity contribution is 5.82. The number of carbonyl (C=O) groups excluding carboxylic acids is 1. The fourth-order valence-electron chi connectivity index (χ4n) is 1.57. The zero-order chi connectivity index (χ0) is 13.8. The minimum atomic E-state index is -0.477. The van der Waals surface area contributed by atoms with Gasteiger partial charge in [-0.2, -0.15) is 5.10 Å². The summed E-state index contributed by atoms with van der Waals surface area (Å²) < 4.78 is 1.86. The normalized spacial score (nSPS) is 15.2. The van der Waals surface area contributed by atoms with Gasteiger partial charge in [0.05, 0.1) is 6.04 Å². The summed E-state index contributed by atoms with van der Waals surface area (Å²) in [5, 5.41) is 7.03. The molecule has 1 heterocycles. The van der Waals surface area contributed by atoms with Crippen molar-refractivity contribution >= 4 is 5.91 Å². The number of hydrogen-bond acceptors (Lipinski definition) is 3. The van der Waals surface area contributed by atoms with Crippen LogP contribution in [0.5, 0.6) is 0 Å². The Kier molecular flexibility index (Phi) is 4.90. The lowest BCUT2D eigenvalue weighted by Crippen LogP contribution is -2.49. The van der Waals surface area contributed by atoms with Gasteiger partial charge in [-0.05, 0) is 17.4 Å². The quantitative estimate of drug-likeness (QED) is 0.821. The van der Waals surface area contributed by atoms with Gasteiger partial charge >= 0.3 is 0 Å². The first-order valence-electron chi connectivity index (χ1n) is 6.31. The molecule has 1 aromatic rings. The zero-order valence-corrected chi connectivity index (χ0v) is 11.7. The minimum absolute atomic E-state index is 0.0881. The standard InChI is InChI=1S/C13H24N4O/c1-10(9-17-7-5-6-16-17)8-15-12(18)11(14)13(2,3)4/h5-7,10-11H,8-9,14H2,1-4H3,(H,15,18)/t10?,11-/m1/s1. The van der Waals surface area contributed by atoms with E-state index in [0.717, 1.165) is 6.54 Å². The maximum absolute atomic E-state index is 11.8. The van der Waals surface area contributed by atoms with Crippen molar-refractivity contribution < 1.29 is 4.79 Å². The van der Waals surface area contributed by atoms with Gasteiger partial charge in [0.2, 0.25) is 5.91 Å². The van der Waals surface area contributed by atoms with E-state index in [0.29, 0.717) is 12.5 Å². The highest BCUT2D eigenvalue weighted by Gasteiger charge is 2.27. The summed E-state index contributed by atoms with van der Waals surface area (Å²) in [6.45, 7) is 9.37. The smallest absolute Gasteiger partial charge is 0.237 e. The molecule has 1 aromatic heterocycles. The van der Waals surface area contributed by atoms with Gasteiger partial charge in [-0.25, -0.2) is 0 Å². The van der Waals surface area contributed by atoms with Crippen LogP contribution < -0.4 is 11.1 Å². The minimum Gasteiger partial charge on any atom is -0.354 e. The Bertz CT molecular complexity index is 367. The van der Waals surface area contributed by atoms with Gasteiger partial charge in [-0.1, -0.05) is 27.7 Å². The van der Waals surface area contributed by atoms with E-state index in [2.05, 4.69) is 17.3 Å². The van der Waals surface area contributed by atoms with Gasteiger partial charge in [0.1, 0.15) is 0 Å². The van der Waals surface area contributed by atoms with Gasteiger partial charge < -0.3 is 11.1 Å². The van der Waals surface area contributed by atoms with E-state index < -0.39 is 6.04 Å². The Morgan fingerprint density at radius 1 is 1.50 bits per heavy atom. The Labute approximate surface area is 109 Å². The average molecular weight is 252 g/mol. The molecule has 3 N–H and O–H groups in total. The molecule has 0 spiro atoms. The Morgan fingerprint density at radius 3 is 2.67 bits per heavy atom. The molecule has 0 bridgehead atoms. The molecule has 5 nitrogen and oxygen atoms in total. The maximum atomic E-state index is 11.8. The molecule has 0 aliphatic heterocycles. The van der Waals surface area contributed by atoms with Gasteiger partial charge in [0.15, 0.2) is 0 Å². The number of nitrogens with two attached hydrogens (primary N) is 1. The maximum Gasteiger partial charge on any atom is 0.237 e. The average Bonchev–Trinajstić information content (AvgIpc) is 2.76. The third-order valence-corrected chi connectivity index (χ3v) is 2.90. The summed E-state index contributed by atoms with van der Waals surface area (Å²) >= 11 is 0. The molecule has 0 fully saturated rings. The second-order valence-corrected chi connectivity index (χ2v) is 5.92. The molecule has 102 valence electrons. The molecule has 0 aliphatic carbocycles. The zero-order valence-electron chi connectivity index (χ0n) is 11.7. The molecule has 1 unspecified atom stereocenters. The molecule has 0 aliphatic rings. The van der Waals surface area contributed by atoms with Crippen molar-refractivity contribution in [2.45, 2.75) is 40.3 Å². The van der Waals surface area contributed by atoms with Crippen LogP contribution in [0.1, 0.15) is 27.7 Å². The Morgan fingerprint density at radius 2 is 2.17 bits per heavy atom. The van der Waals surface area contributed by atoms with Gasteiger partial charge in [0, 0.05) is 25.5 Å². The first-order chi connectivity index (χ1) is 8.30. The Hall–Kier alpha value is -1.36. The molecule has 1 rings (SSSR count). The number of nitrogens with one attached hydrogen (secondary N) is 1. The monoisotopic (exact) mass is 252 g/mol. The molecule has 1 amide bonds. The summed E-state index contributed by atoms with van der Waals surface area (Å²) in [6, 6.07) is 1.41. The third kappa shape index (κ3) is 4.49. The summed E-state index contributed by atoms with van der Waals surface area (Å²) in [5.41, 5.74) is 5.67. The van der Waals surface area contributed by atoms with Crippen LogP contribution in [0.4, 0.5) is 0 Å². The number of nitrogens with zero attached hydrogens (tertiary/aromatic N) is 2. The SMILES string of the molecule is CC(CNC(=O)[C@@H](N)C(C)(C)C)Cn1cccn1. The van der Waals surface area contributed by atoms with Gasteiger partial charge in [-0.15, -0.1) is 0 Å². The van der Waals surface area contributed by atoms with E-state index in [-0.39, 0.29) is 11.3 Å². The molecular weight excluding hydrogens is 228 g/mol. The van der Waals surface area contributed by atoms with Crippen molar-refractivity contribution in [3.63, 3.8) is 0 Å². The molecule has 2 atom stereocenters. The molecule has 18 heavy (non-hydrogen) atoms. The van der Waals surface area contributed by atoms with Crippen molar-refractivity contribution in [3.05, 3.63) is 18.5 Å². The van der Waals surface area contributed by atoms with Gasteiger partial charge in [0.25, 0.3) is 0 Å². The lowest BCUT2D eigenvalue weighted by atomic mass is 9.87. The molecular formula is C13H24N4O. The third-order valence-electron chi connectivity index (χ3n) is 2.90. The van der Waals surface area contributed by atoms with E-state index in [4.69, 9.17) is 5.73 Å². The van der Waals surface area contributed by atoms with Crippen LogP contribution in [-0.4, -0.2) is 28.3 Å². The number of amides is 1. The lowest BCUT2D eigenvalue weighted by Gasteiger charge is -2.26. The fraction of sp³-hybridized carbons (Fsp3) is 0.692. The highest BCUT2D eigenvalue weighted by Crippen LogP contribution is 2.17. The number of carbonyl (C=O) groups is 1. The van der Waals surface area contributed by atoms with Crippen LogP contribution in [0.15, 0.2) is 18.5 Å². The summed E-state index contributed by atoms with van der Waals surface area (Å²) in [4.78, 5) is 11.8. The van der Waals surface area contributed by atoms with E-state index in [1.807, 2.05) is 37.7 Å². The summed E-state index contributed by atoms with van der Waals surface area (Å²) in [6.07, 6.45) is 3.67. The van der Waals surface area contributed by atoms with Crippen LogP contribution >= 0.6 is 0 Å².